The smallest absolute Gasteiger partial charge is 0.255 e. The van der Waals surface area contributed by atoms with Crippen LogP contribution in [-0.4, -0.2) is 63.7 Å². The Morgan fingerprint density at radius 3 is 2.36 bits per heavy atom. The SMILES string of the molecule is Cn1cc(-c2cnc(N)c(C(=O)N[C@@H]3CCN(C(=O)c4ccc(-c5ccc(CC6CCNCC6)cc5)cc4)C3)c2)cn1. The first-order valence-electron chi connectivity index (χ1n) is 14.7. The lowest BCUT2D eigenvalue weighted by Crippen LogP contribution is -2.38. The van der Waals surface area contributed by atoms with Crippen molar-refractivity contribution in [3.05, 3.63) is 89.9 Å². The lowest BCUT2D eigenvalue weighted by molar-refractivity contribution is 0.0783. The number of hydrogen-bond acceptors (Lipinski definition) is 6. The van der Waals surface area contributed by atoms with Gasteiger partial charge in [-0.3, -0.25) is 14.3 Å². The summed E-state index contributed by atoms with van der Waals surface area (Å²) in [6.45, 7) is 3.26. The molecule has 0 aliphatic carbocycles. The van der Waals surface area contributed by atoms with Crippen LogP contribution in [0.3, 0.4) is 0 Å². The Balaban J connectivity index is 1.04. The number of aryl methyl sites for hydroxylation is 1. The van der Waals surface area contributed by atoms with Gasteiger partial charge in [-0.05, 0) is 79.6 Å². The van der Waals surface area contributed by atoms with Crippen molar-refractivity contribution in [3.63, 3.8) is 0 Å². The molecule has 2 fully saturated rings. The molecule has 2 amide bonds. The molecule has 9 nitrogen and oxygen atoms in total. The van der Waals surface area contributed by atoms with Gasteiger partial charge >= 0.3 is 0 Å². The van der Waals surface area contributed by atoms with Gasteiger partial charge in [0.2, 0.25) is 0 Å². The van der Waals surface area contributed by atoms with Gasteiger partial charge in [0.05, 0.1) is 11.8 Å². The summed E-state index contributed by atoms with van der Waals surface area (Å²) in [5, 5.41) is 10.7. The molecular weight excluding hydrogens is 526 g/mol. The van der Waals surface area contributed by atoms with Crippen molar-refractivity contribution in [2.24, 2.45) is 13.0 Å². The second-order valence-corrected chi connectivity index (χ2v) is 11.4. The van der Waals surface area contributed by atoms with Crippen LogP contribution in [0, 0.1) is 5.92 Å². The topological polar surface area (TPSA) is 118 Å². The number of carbonyl (C=O) groups excluding carboxylic acids is 2. The summed E-state index contributed by atoms with van der Waals surface area (Å²) >= 11 is 0. The molecule has 2 aromatic carbocycles. The molecule has 2 aliphatic heterocycles. The molecule has 4 N–H and O–H groups in total. The number of benzene rings is 2. The number of pyridine rings is 1. The van der Waals surface area contributed by atoms with Crippen LogP contribution in [0.2, 0.25) is 0 Å². The molecule has 6 rings (SSSR count). The number of aromatic nitrogens is 3. The third kappa shape index (κ3) is 6.21. The van der Waals surface area contributed by atoms with Crippen molar-refractivity contribution in [3.8, 4) is 22.3 Å². The Bertz CT molecular complexity index is 1560. The number of anilines is 1. The maximum Gasteiger partial charge on any atom is 0.255 e. The normalized spacial score (nSPS) is 17.4. The summed E-state index contributed by atoms with van der Waals surface area (Å²) in [5.74, 6) is 0.605. The Hall–Kier alpha value is -4.50. The zero-order valence-electron chi connectivity index (χ0n) is 23.9. The van der Waals surface area contributed by atoms with E-state index in [1.807, 2.05) is 37.5 Å². The molecule has 0 saturated carbocycles. The molecule has 2 aliphatic rings. The Labute approximate surface area is 246 Å². The van der Waals surface area contributed by atoms with Gasteiger partial charge < -0.3 is 21.3 Å². The molecule has 216 valence electrons. The molecule has 0 unspecified atom stereocenters. The summed E-state index contributed by atoms with van der Waals surface area (Å²) in [4.78, 5) is 32.4. The maximum atomic E-state index is 13.3. The van der Waals surface area contributed by atoms with E-state index in [1.165, 1.54) is 18.4 Å². The van der Waals surface area contributed by atoms with E-state index in [9.17, 15) is 9.59 Å². The predicted molar refractivity (Wildman–Crippen MR) is 164 cm³/mol. The van der Waals surface area contributed by atoms with E-state index in [4.69, 9.17) is 5.73 Å². The first kappa shape index (κ1) is 27.7. The minimum Gasteiger partial charge on any atom is -0.383 e. The zero-order chi connectivity index (χ0) is 29.1. The molecule has 42 heavy (non-hydrogen) atoms. The molecule has 4 heterocycles. The lowest BCUT2D eigenvalue weighted by Gasteiger charge is -2.22. The fourth-order valence-corrected chi connectivity index (χ4v) is 5.95. The molecule has 0 bridgehead atoms. The number of hydrogen-bond donors (Lipinski definition) is 3. The zero-order valence-corrected chi connectivity index (χ0v) is 23.9. The summed E-state index contributed by atoms with van der Waals surface area (Å²) in [5.41, 5.74) is 12.2. The highest BCUT2D eigenvalue weighted by Crippen LogP contribution is 2.25. The van der Waals surface area contributed by atoms with Gasteiger partial charge in [-0.1, -0.05) is 36.4 Å². The van der Waals surface area contributed by atoms with Gasteiger partial charge in [-0.25, -0.2) is 4.98 Å². The molecule has 2 aromatic heterocycles. The monoisotopic (exact) mass is 563 g/mol. The molecule has 4 aromatic rings. The predicted octanol–water partition coefficient (Wildman–Crippen LogP) is 3.92. The molecule has 0 spiro atoms. The van der Waals surface area contributed by atoms with Crippen LogP contribution in [0.15, 0.2) is 73.2 Å². The van der Waals surface area contributed by atoms with E-state index in [1.54, 1.807) is 28.0 Å². The van der Waals surface area contributed by atoms with Crippen LogP contribution in [0.5, 0.6) is 0 Å². The number of nitrogen functional groups attached to an aromatic ring is 1. The van der Waals surface area contributed by atoms with Crippen molar-refractivity contribution >= 4 is 17.6 Å². The van der Waals surface area contributed by atoms with Crippen molar-refractivity contribution < 1.29 is 9.59 Å². The van der Waals surface area contributed by atoms with E-state index in [-0.39, 0.29) is 23.7 Å². The highest BCUT2D eigenvalue weighted by Gasteiger charge is 2.29. The number of rotatable bonds is 7. The van der Waals surface area contributed by atoms with Crippen molar-refractivity contribution in [2.75, 3.05) is 31.9 Å². The van der Waals surface area contributed by atoms with Crippen LogP contribution < -0.4 is 16.4 Å². The second kappa shape index (κ2) is 12.2. The van der Waals surface area contributed by atoms with E-state index >= 15 is 0 Å². The average molecular weight is 564 g/mol. The van der Waals surface area contributed by atoms with Crippen molar-refractivity contribution in [2.45, 2.75) is 31.7 Å². The fourth-order valence-electron chi connectivity index (χ4n) is 5.95. The number of carbonyl (C=O) groups is 2. The number of likely N-dealkylation sites (tertiary alicyclic amines) is 1. The standard InChI is InChI=1S/C33H37N7O2/c1-39-20-28(19-37-39)27-17-30(31(34)36-18-27)32(41)38-29-12-15-40(21-29)33(42)26-8-6-25(7-9-26)24-4-2-22(3-5-24)16-23-10-13-35-14-11-23/h2-9,17-20,23,29,35H,10-16,21H2,1H3,(H2,34,36)(H,38,41)/t29-/m1/s1. The number of piperidine rings is 1. The summed E-state index contributed by atoms with van der Waals surface area (Å²) in [6, 6.07) is 18.2. The van der Waals surface area contributed by atoms with Crippen LogP contribution in [-0.2, 0) is 13.5 Å². The largest absolute Gasteiger partial charge is 0.383 e. The number of nitrogens with zero attached hydrogens (tertiary/aromatic N) is 4. The number of nitrogens with two attached hydrogens (primary N) is 1. The van der Waals surface area contributed by atoms with E-state index < -0.39 is 0 Å². The highest BCUT2D eigenvalue weighted by molar-refractivity contribution is 6.00. The van der Waals surface area contributed by atoms with Crippen LogP contribution >= 0.6 is 0 Å². The van der Waals surface area contributed by atoms with Crippen LogP contribution in [0.4, 0.5) is 5.82 Å². The third-order valence-corrected chi connectivity index (χ3v) is 8.41. The Kier molecular flexibility index (Phi) is 8.01. The first-order chi connectivity index (χ1) is 20.4. The highest BCUT2D eigenvalue weighted by atomic mass is 16.2. The third-order valence-electron chi connectivity index (χ3n) is 8.41. The van der Waals surface area contributed by atoms with Gasteiger partial charge in [0, 0.05) is 55.3 Å². The van der Waals surface area contributed by atoms with Gasteiger partial charge in [0.25, 0.3) is 11.8 Å². The minimum atomic E-state index is -0.295. The minimum absolute atomic E-state index is 0.0321. The lowest BCUT2D eigenvalue weighted by atomic mass is 9.90. The average Bonchev–Trinajstić information content (AvgIpc) is 3.67. The van der Waals surface area contributed by atoms with Crippen LogP contribution in [0.25, 0.3) is 22.3 Å². The molecule has 1 atom stereocenters. The second-order valence-electron chi connectivity index (χ2n) is 11.4. The van der Waals surface area contributed by atoms with Gasteiger partial charge in [-0.2, -0.15) is 5.10 Å². The number of amides is 2. The summed E-state index contributed by atoms with van der Waals surface area (Å²) in [7, 11) is 1.83. The van der Waals surface area contributed by atoms with Crippen LogP contribution in [0.1, 0.15) is 45.5 Å². The van der Waals surface area contributed by atoms with Gasteiger partial charge in [0.1, 0.15) is 5.82 Å². The summed E-state index contributed by atoms with van der Waals surface area (Å²) < 4.78 is 1.69. The maximum absolute atomic E-state index is 13.3. The summed E-state index contributed by atoms with van der Waals surface area (Å²) in [6.07, 6.45) is 9.50. The molecular formula is C33H37N7O2. The van der Waals surface area contributed by atoms with E-state index in [0.717, 1.165) is 47.7 Å². The van der Waals surface area contributed by atoms with E-state index in [2.05, 4.69) is 45.0 Å². The first-order valence-corrected chi connectivity index (χ1v) is 14.7. The van der Waals surface area contributed by atoms with Crippen molar-refractivity contribution in [1.29, 1.82) is 0 Å². The van der Waals surface area contributed by atoms with Gasteiger partial charge in [-0.15, -0.1) is 0 Å². The Morgan fingerprint density at radius 2 is 1.67 bits per heavy atom. The Morgan fingerprint density at radius 1 is 0.952 bits per heavy atom. The molecule has 9 heteroatoms. The molecule has 2 saturated heterocycles. The fraction of sp³-hybridized carbons (Fsp3) is 0.333. The number of nitrogens with one attached hydrogen (secondary N) is 2. The van der Waals surface area contributed by atoms with Gasteiger partial charge in [0.15, 0.2) is 0 Å². The molecule has 0 radical (unpaired) electrons. The van der Waals surface area contributed by atoms with Crippen molar-refractivity contribution in [1.82, 2.24) is 30.3 Å². The van der Waals surface area contributed by atoms with E-state index in [0.29, 0.717) is 30.6 Å². The quantitative estimate of drug-likeness (QED) is 0.314.